The van der Waals surface area contributed by atoms with Gasteiger partial charge in [-0.05, 0) is 62.9 Å². The van der Waals surface area contributed by atoms with Gasteiger partial charge in [0.15, 0.2) is 0 Å². The molecule has 3 rings (SSSR count). The summed E-state index contributed by atoms with van der Waals surface area (Å²) in [5, 5.41) is 3.72. The molecule has 0 aromatic rings. The van der Waals surface area contributed by atoms with Gasteiger partial charge in [-0.15, -0.1) is 0 Å². The van der Waals surface area contributed by atoms with Crippen LogP contribution < -0.4 is 5.32 Å². The molecule has 3 atom stereocenters. The second-order valence-electron chi connectivity index (χ2n) is 6.88. The minimum absolute atomic E-state index is 0.878. The lowest BCUT2D eigenvalue weighted by atomic mass is 9.78. The lowest BCUT2D eigenvalue weighted by Gasteiger charge is -2.43. The van der Waals surface area contributed by atoms with Crippen molar-refractivity contribution in [3.63, 3.8) is 0 Å². The summed E-state index contributed by atoms with van der Waals surface area (Å²) < 4.78 is 0. The second-order valence-corrected chi connectivity index (χ2v) is 6.88. The summed E-state index contributed by atoms with van der Waals surface area (Å²) in [6.45, 7) is 8.82. The Bertz CT molecular complexity index is 260. The van der Waals surface area contributed by atoms with Crippen LogP contribution >= 0.6 is 0 Å². The Kier molecular flexibility index (Phi) is 3.45. The Balaban J connectivity index is 1.44. The maximum atomic E-state index is 3.72. The first kappa shape index (κ1) is 12.0. The number of likely N-dealkylation sites (tertiary alicyclic amines) is 1. The fraction of sp³-hybridized carbons (Fsp3) is 1.00. The molecular formula is C15H28N2. The highest BCUT2D eigenvalue weighted by Crippen LogP contribution is 2.36. The lowest BCUT2D eigenvalue weighted by Crippen LogP contribution is -2.50. The maximum absolute atomic E-state index is 3.72. The van der Waals surface area contributed by atoms with Gasteiger partial charge in [0.1, 0.15) is 0 Å². The molecule has 3 unspecified atom stereocenters. The van der Waals surface area contributed by atoms with Gasteiger partial charge in [-0.2, -0.15) is 0 Å². The fourth-order valence-corrected chi connectivity index (χ4v) is 3.54. The van der Waals surface area contributed by atoms with Crippen LogP contribution in [-0.2, 0) is 0 Å². The Morgan fingerprint density at radius 3 is 2.47 bits per heavy atom. The third-order valence-electron chi connectivity index (χ3n) is 5.29. The van der Waals surface area contributed by atoms with E-state index in [1.165, 1.54) is 51.7 Å². The molecule has 2 aliphatic carbocycles. The molecule has 98 valence electrons. The van der Waals surface area contributed by atoms with Crippen LogP contribution in [0, 0.1) is 17.8 Å². The van der Waals surface area contributed by atoms with E-state index in [9.17, 15) is 0 Å². The van der Waals surface area contributed by atoms with Crippen molar-refractivity contribution in [2.24, 2.45) is 17.8 Å². The van der Waals surface area contributed by atoms with Gasteiger partial charge in [0.05, 0.1) is 0 Å². The van der Waals surface area contributed by atoms with Crippen LogP contribution in [0.1, 0.15) is 46.0 Å². The molecule has 2 nitrogen and oxygen atoms in total. The van der Waals surface area contributed by atoms with Gasteiger partial charge in [-0.3, -0.25) is 4.90 Å². The molecule has 17 heavy (non-hydrogen) atoms. The van der Waals surface area contributed by atoms with Gasteiger partial charge in [0.25, 0.3) is 0 Å². The van der Waals surface area contributed by atoms with Crippen LogP contribution in [0.4, 0.5) is 0 Å². The smallest absolute Gasteiger partial charge is 0.0136 e. The molecule has 0 amide bonds. The van der Waals surface area contributed by atoms with Crippen molar-refractivity contribution in [2.45, 2.75) is 58.0 Å². The molecule has 0 aromatic carbocycles. The minimum atomic E-state index is 0.878. The zero-order valence-electron chi connectivity index (χ0n) is 11.5. The minimum Gasteiger partial charge on any atom is -0.314 e. The van der Waals surface area contributed by atoms with E-state index in [1.54, 1.807) is 0 Å². The molecule has 0 radical (unpaired) electrons. The zero-order valence-corrected chi connectivity index (χ0v) is 11.5. The van der Waals surface area contributed by atoms with Crippen LogP contribution in [0.2, 0.25) is 0 Å². The number of nitrogens with one attached hydrogen (secondary N) is 1. The van der Waals surface area contributed by atoms with Crippen molar-refractivity contribution in [1.82, 2.24) is 10.2 Å². The van der Waals surface area contributed by atoms with Gasteiger partial charge in [-0.25, -0.2) is 0 Å². The highest BCUT2D eigenvalue weighted by Gasteiger charge is 2.39. The third kappa shape index (κ3) is 2.68. The standard InChI is InChI=1S/C15H28N2/c1-11(2)13-7-8-17(10-13)15-6-3-12(15)9-16-14-4-5-14/h11-16H,3-10H2,1-2H3. The van der Waals surface area contributed by atoms with Gasteiger partial charge in [0.2, 0.25) is 0 Å². The first-order chi connectivity index (χ1) is 8.24. The van der Waals surface area contributed by atoms with Crippen LogP contribution in [0.3, 0.4) is 0 Å². The van der Waals surface area contributed by atoms with E-state index in [4.69, 9.17) is 0 Å². The van der Waals surface area contributed by atoms with E-state index < -0.39 is 0 Å². The van der Waals surface area contributed by atoms with E-state index in [2.05, 4.69) is 24.1 Å². The number of nitrogens with zero attached hydrogens (tertiary/aromatic N) is 1. The summed E-state index contributed by atoms with van der Waals surface area (Å²) in [6.07, 6.45) is 7.22. The maximum Gasteiger partial charge on any atom is 0.0136 e. The SMILES string of the molecule is CC(C)C1CCN(C2CCC2CNC2CC2)C1. The van der Waals surface area contributed by atoms with Crippen molar-refractivity contribution < 1.29 is 0 Å². The molecule has 1 aliphatic heterocycles. The molecule has 1 heterocycles. The summed E-state index contributed by atoms with van der Waals surface area (Å²) in [7, 11) is 0. The zero-order chi connectivity index (χ0) is 11.8. The predicted octanol–water partition coefficient (Wildman–Crippen LogP) is 2.49. The first-order valence-electron chi connectivity index (χ1n) is 7.71. The highest BCUT2D eigenvalue weighted by atomic mass is 15.2. The Labute approximate surface area is 106 Å². The molecule has 0 aromatic heterocycles. The molecule has 0 bridgehead atoms. The monoisotopic (exact) mass is 236 g/mol. The lowest BCUT2D eigenvalue weighted by molar-refractivity contribution is 0.0768. The van der Waals surface area contributed by atoms with Crippen molar-refractivity contribution in [3.8, 4) is 0 Å². The number of rotatable bonds is 5. The molecule has 2 heteroatoms. The number of hydrogen-bond donors (Lipinski definition) is 1. The molecule has 1 saturated heterocycles. The summed E-state index contributed by atoms with van der Waals surface area (Å²) >= 11 is 0. The summed E-state index contributed by atoms with van der Waals surface area (Å²) in [4.78, 5) is 2.80. The highest BCUT2D eigenvalue weighted by molar-refractivity contribution is 4.95. The Hall–Kier alpha value is -0.0800. The molecule has 3 fully saturated rings. The van der Waals surface area contributed by atoms with Gasteiger partial charge in [0, 0.05) is 18.6 Å². The van der Waals surface area contributed by atoms with Crippen LogP contribution in [0.25, 0.3) is 0 Å². The van der Waals surface area contributed by atoms with E-state index >= 15 is 0 Å². The molecular weight excluding hydrogens is 208 g/mol. The molecule has 1 N–H and O–H groups in total. The van der Waals surface area contributed by atoms with E-state index in [-0.39, 0.29) is 0 Å². The third-order valence-corrected chi connectivity index (χ3v) is 5.29. The van der Waals surface area contributed by atoms with Gasteiger partial charge >= 0.3 is 0 Å². The van der Waals surface area contributed by atoms with Crippen molar-refractivity contribution in [3.05, 3.63) is 0 Å². The fourth-order valence-electron chi connectivity index (χ4n) is 3.54. The van der Waals surface area contributed by atoms with Crippen LogP contribution in [0.15, 0.2) is 0 Å². The normalized spacial score (nSPS) is 38.6. The van der Waals surface area contributed by atoms with E-state index in [1.807, 2.05) is 0 Å². The van der Waals surface area contributed by atoms with Crippen LogP contribution in [-0.4, -0.2) is 36.6 Å². The molecule has 3 aliphatic rings. The van der Waals surface area contributed by atoms with Gasteiger partial charge in [-0.1, -0.05) is 13.8 Å². The quantitative estimate of drug-likeness (QED) is 0.789. The summed E-state index contributed by atoms with van der Waals surface area (Å²) in [5.41, 5.74) is 0. The predicted molar refractivity (Wildman–Crippen MR) is 72.1 cm³/mol. The van der Waals surface area contributed by atoms with E-state index in [0.29, 0.717) is 0 Å². The largest absolute Gasteiger partial charge is 0.314 e. The van der Waals surface area contributed by atoms with Crippen molar-refractivity contribution in [1.29, 1.82) is 0 Å². The van der Waals surface area contributed by atoms with E-state index in [0.717, 1.165) is 29.8 Å². The molecule has 2 saturated carbocycles. The average molecular weight is 236 g/mol. The Morgan fingerprint density at radius 1 is 1.12 bits per heavy atom. The Morgan fingerprint density at radius 2 is 1.94 bits per heavy atom. The first-order valence-corrected chi connectivity index (χ1v) is 7.71. The van der Waals surface area contributed by atoms with Crippen molar-refractivity contribution >= 4 is 0 Å². The second kappa shape index (κ2) is 4.89. The number of hydrogen-bond acceptors (Lipinski definition) is 2. The topological polar surface area (TPSA) is 15.3 Å². The van der Waals surface area contributed by atoms with Gasteiger partial charge < -0.3 is 5.32 Å². The molecule has 0 spiro atoms. The summed E-state index contributed by atoms with van der Waals surface area (Å²) in [6, 6.07) is 1.81. The average Bonchev–Trinajstić information content (AvgIpc) is 2.94. The van der Waals surface area contributed by atoms with Crippen LogP contribution in [0.5, 0.6) is 0 Å². The summed E-state index contributed by atoms with van der Waals surface area (Å²) in [5.74, 6) is 2.80. The van der Waals surface area contributed by atoms with Crippen molar-refractivity contribution in [2.75, 3.05) is 19.6 Å².